The van der Waals surface area contributed by atoms with Crippen molar-refractivity contribution >= 4 is 5.69 Å². The van der Waals surface area contributed by atoms with Gasteiger partial charge in [-0.1, -0.05) is 25.5 Å². The van der Waals surface area contributed by atoms with Crippen LogP contribution in [0, 0.1) is 0 Å². The molecule has 0 aliphatic rings. The Bertz CT molecular complexity index is 256. The molecular formula is C12H19NO. The molecule has 0 atom stereocenters. The zero-order valence-electron chi connectivity index (χ0n) is 9.03. The van der Waals surface area contributed by atoms with Crippen LogP contribution in [0.4, 0.5) is 5.69 Å². The van der Waals surface area contributed by atoms with Gasteiger partial charge in [0.1, 0.15) is 6.73 Å². The number of aryl methyl sites for hydroxylation is 1. The van der Waals surface area contributed by atoms with Crippen LogP contribution in [0.3, 0.4) is 0 Å². The number of rotatable bonds is 5. The lowest BCUT2D eigenvalue weighted by Crippen LogP contribution is -2.17. The smallest absolute Gasteiger partial charge is 0.115 e. The molecule has 1 rings (SSSR count). The van der Waals surface area contributed by atoms with Gasteiger partial charge < -0.3 is 10.0 Å². The van der Waals surface area contributed by atoms with Crippen molar-refractivity contribution in [2.75, 3.05) is 18.7 Å². The highest BCUT2D eigenvalue weighted by molar-refractivity contribution is 5.46. The second-order valence-electron chi connectivity index (χ2n) is 3.61. The number of unbranched alkanes of at least 4 members (excludes halogenated alkanes) is 1. The summed E-state index contributed by atoms with van der Waals surface area (Å²) in [6.45, 7) is 2.27. The Morgan fingerprint density at radius 1 is 1.21 bits per heavy atom. The third kappa shape index (κ3) is 3.04. The van der Waals surface area contributed by atoms with E-state index in [1.165, 1.54) is 18.4 Å². The Labute approximate surface area is 86.2 Å². The lowest BCUT2D eigenvalue weighted by molar-refractivity contribution is 0.298. The van der Waals surface area contributed by atoms with Crippen LogP contribution >= 0.6 is 0 Å². The molecule has 0 aromatic heterocycles. The Hall–Kier alpha value is -1.02. The molecule has 0 radical (unpaired) electrons. The Kier molecular flexibility index (Phi) is 4.47. The molecule has 2 nitrogen and oxygen atoms in total. The highest BCUT2D eigenvalue weighted by atomic mass is 16.3. The lowest BCUT2D eigenvalue weighted by atomic mass is 10.1. The van der Waals surface area contributed by atoms with E-state index in [0.717, 1.165) is 12.1 Å². The standard InChI is InChI=1S/C12H19NO/c1-3-4-5-11-6-8-12(9-7-11)13(2)10-14/h6-9,14H,3-5,10H2,1-2H3. The second-order valence-corrected chi connectivity index (χ2v) is 3.61. The number of benzene rings is 1. The van der Waals surface area contributed by atoms with Crippen molar-refractivity contribution in [2.45, 2.75) is 26.2 Å². The molecular weight excluding hydrogens is 174 g/mol. The molecule has 1 N–H and O–H groups in total. The van der Waals surface area contributed by atoms with Crippen LogP contribution in [-0.4, -0.2) is 18.9 Å². The van der Waals surface area contributed by atoms with E-state index in [1.807, 2.05) is 11.9 Å². The third-order valence-electron chi connectivity index (χ3n) is 2.41. The fourth-order valence-electron chi connectivity index (χ4n) is 1.38. The number of nitrogens with zero attached hydrogens (tertiary/aromatic N) is 1. The van der Waals surface area contributed by atoms with E-state index in [4.69, 9.17) is 5.11 Å². The first-order valence-corrected chi connectivity index (χ1v) is 5.19. The molecule has 0 aliphatic heterocycles. The van der Waals surface area contributed by atoms with Crippen LogP contribution in [-0.2, 0) is 6.42 Å². The molecule has 78 valence electrons. The SMILES string of the molecule is CCCCc1ccc(N(C)CO)cc1. The number of hydrogen-bond donors (Lipinski definition) is 1. The maximum Gasteiger partial charge on any atom is 0.115 e. The summed E-state index contributed by atoms with van der Waals surface area (Å²) >= 11 is 0. The van der Waals surface area contributed by atoms with Gasteiger partial charge in [0, 0.05) is 12.7 Å². The van der Waals surface area contributed by atoms with Gasteiger partial charge in [0.2, 0.25) is 0 Å². The molecule has 0 saturated heterocycles. The summed E-state index contributed by atoms with van der Waals surface area (Å²) in [5.74, 6) is 0. The summed E-state index contributed by atoms with van der Waals surface area (Å²) < 4.78 is 0. The van der Waals surface area contributed by atoms with Gasteiger partial charge >= 0.3 is 0 Å². The van der Waals surface area contributed by atoms with Crippen molar-refractivity contribution in [2.24, 2.45) is 0 Å². The molecule has 1 aromatic carbocycles. The van der Waals surface area contributed by atoms with Gasteiger partial charge in [-0.3, -0.25) is 0 Å². The van der Waals surface area contributed by atoms with Gasteiger partial charge in [-0.25, -0.2) is 0 Å². The third-order valence-corrected chi connectivity index (χ3v) is 2.41. The maximum atomic E-state index is 8.92. The minimum Gasteiger partial charge on any atom is -0.376 e. The van der Waals surface area contributed by atoms with Crippen LogP contribution in [0.15, 0.2) is 24.3 Å². The number of aliphatic hydroxyl groups is 1. The highest BCUT2D eigenvalue weighted by Gasteiger charge is 1.98. The van der Waals surface area contributed by atoms with E-state index >= 15 is 0 Å². The first-order valence-electron chi connectivity index (χ1n) is 5.19. The molecule has 0 unspecified atom stereocenters. The van der Waals surface area contributed by atoms with E-state index < -0.39 is 0 Å². The molecule has 0 saturated carbocycles. The summed E-state index contributed by atoms with van der Waals surface area (Å²) in [6, 6.07) is 8.39. The summed E-state index contributed by atoms with van der Waals surface area (Å²) in [5.41, 5.74) is 2.44. The average molecular weight is 193 g/mol. The van der Waals surface area contributed by atoms with Gasteiger partial charge in [-0.05, 0) is 30.5 Å². The van der Waals surface area contributed by atoms with Crippen LogP contribution in [0.2, 0.25) is 0 Å². The van der Waals surface area contributed by atoms with E-state index in [9.17, 15) is 0 Å². The minimum atomic E-state index is 0.0638. The van der Waals surface area contributed by atoms with Crippen molar-refractivity contribution in [1.82, 2.24) is 0 Å². The van der Waals surface area contributed by atoms with Crippen molar-refractivity contribution in [3.8, 4) is 0 Å². The van der Waals surface area contributed by atoms with E-state index in [1.54, 1.807) is 0 Å². The maximum absolute atomic E-state index is 8.92. The Morgan fingerprint density at radius 3 is 2.36 bits per heavy atom. The van der Waals surface area contributed by atoms with Crippen LogP contribution in [0.1, 0.15) is 25.3 Å². The van der Waals surface area contributed by atoms with Crippen molar-refractivity contribution < 1.29 is 5.11 Å². The summed E-state index contributed by atoms with van der Waals surface area (Å²) in [6.07, 6.45) is 3.63. The van der Waals surface area contributed by atoms with Crippen molar-refractivity contribution in [3.63, 3.8) is 0 Å². The first kappa shape index (κ1) is 11.1. The topological polar surface area (TPSA) is 23.5 Å². The molecule has 0 heterocycles. The summed E-state index contributed by atoms with van der Waals surface area (Å²) in [5, 5.41) is 8.92. The lowest BCUT2D eigenvalue weighted by Gasteiger charge is -2.15. The van der Waals surface area contributed by atoms with Crippen LogP contribution in [0.5, 0.6) is 0 Å². The molecule has 1 aromatic rings. The van der Waals surface area contributed by atoms with Gasteiger partial charge in [0.15, 0.2) is 0 Å². The predicted molar refractivity (Wildman–Crippen MR) is 60.5 cm³/mol. The minimum absolute atomic E-state index is 0.0638. The number of aliphatic hydroxyl groups excluding tert-OH is 1. The van der Waals surface area contributed by atoms with Gasteiger partial charge in [0.25, 0.3) is 0 Å². The van der Waals surface area contributed by atoms with E-state index in [0.29, 0.717) is 0 Å². The predicted octanol–water partition coefficient (Wildman–Crippen LogP) is 2.42. The molecule has 0 amide bonds. The average Bonchev–Trinajstić information content (AvgIpc) is 2.26. The Morgan fingerprint density at radius 2 is 1.86 bits per heavy atom. The zero-order chi connectivity index (χ0) is 10.4. The monoisotopic (exact) mass is 193 g/mol. The molecule has 2 heteroatoms. The number of hydrogen-bond acceptors (Lipinski definition) is 2. The van der Waals surface area contributed by atoms with Crippen LogP contribution in [0.25, 0.3) is 0 Å². The zero-order valence-corrected chi connectivity index (χ0v) is 9.03. The molecule has 0 aliphatic carbocycles. The van der Waals surface area contributed by atoms with Gasteiger partial charge in [-0.15, -0.1) is 0 Å². The van der Waals surface area contributed by atoms with E-state index in [-0.39, 0.29) is 6.73 Å². The fourth-order valence-corrected chi connectivity index (χ4v) is 1.38. The van der Waals surface area contributed by atoms with Crippen molar-refractivity contribution in [1.29, 1.82) is 0 Å². The largest absolute Gasteiger partial charge is 0.376 e. The fraction of sp³-hybridized carbons (Fsp3) is 0.500. The van der Waals surface area contributed by atoms with Crippen LogP contribution < -0.4 is 4.90 Å². The molecule has 0 spiro atoms. The normalized spacial score (nSPS) is 10.2. The quantitative estimate of drug-likeness (QED) is 0.726. The van der Waals surface area contributed by atoms with Gasteiger partial charge in [0.05, 0.1) is 0 Å². The Balaban J connectivity index is 2.59. The van der Waals surface area contributed by atoms with Gasteiger partial charge in [-0.2, -0.15) is 0 Å². The first-order chi connectivity index (χ1) is 6.77. The summed E-state index contributed by atoms with van der Waals surface area (Å²) in [4.78, 5) is 1.81. The number of anilines is 1. The molecule has 14 heavy (non-hydrogen) atoms. The molecule has 0 bridgehead atoms. The second kappa shape index (κ2) is 5.66. The summed E-state index contributed by atoms with van der Waals surface area (Å²) in [7, 11) is 1.88. The van der Waals surface area contributed by atoms with Crippen molar-refractivity contribution in [3.05, 3.63) is 29.8 Å². The highest BCUT2D eigenvalue weighted by Crippen LogP contribution is 2.14. The van der Waals surface area contributed by atoms with E-state index in [2.05, 4.69) is 31.2 Å². The molecule has 0 fully saturated rings.